The van der Waals surface area contributed by atoms with Gasteiger partial charge in [-0.3, -0.25) is 9.69 Å². The van der Waals surface area contributed by atoms with Crippen LogP contribution in [0.25, 0.3) is 5.13 Å². The normalized spacial score (nSPS) is 23.4. The SMILES string of the molecule is O=C(Cc1csc(-n2cccc2)n1)N1CCN([C@H]2CCS(=O)(=O)C2)CC1. The van der Waals surface area contributed by atoms with E-state index in [4.69, 9.17) is 0 Å². The second-order valence-electron chi connectivity index (χ2n) is 6.86. The Morgan fingerprint density at radius 2 is 1.92 bits per heavy atom. The van der Waals surface area contributed by atoms with Crippen molar-refractivity contribution in [2.75, 3.05) is 37.7 Å². The van der Waals surface area contributed by atoms with Crippen molar-refractivity contribution in [2.24, 2.45) is 0 Å². The first-order valence-corrected chi connectivity index (χ1v) is 11.5. The van der Waals surface area contributed by atoms with Crippen molar-refractivity contribution >= 4 is 27.1 Å². The van der Waals surface area contributed by atoms with E-state index in [9.17, 15) is 13.2 Å². The summed E-state index contributed by atoms with van der Waals surface area (Å²) >= 11 is 1.53. The van der Waals surface area contributed by atoms with Crippen LogP contribution in [0, 0.1) is 0 Å². The maximum atomic E-state index is 12.6. The first kappa shape index (κ1) is 17.7. The van der Waals surface area contributed by atoms with Crippen LogP contribution in [0.15, 0.2) is 29.9 Å². The van der Waals surface area contributed by atoms with E-state index in [1.807, 2.05) is 39.4 Å². The number of hydrogen-bond donors (Lipinski definition) is 0. The minimum atomic E-state index is -2.86. The Hall–Kier alpha value is -1.71. The van der Waals surface area contributed by atoms with Crippen molar-refractivity contribution in [3.63, 3.8) is 0 Å². The number of piperazine rings is 1. The smallest absolute Gasteiger partial charge is 0.228 e. The fourth-order valence-electron chi connectivity index (χ4n) is 3.62. The molecular formula is C17H22N4O3S2. The minimum Gasteiger partial charge on any atom is -0.340 e. The molecule has 26 heavy (non-hydrogen) atoms. The molecule has 0 radical (unpaired) electrons. The van der Waals surface area contributed by atoms with Gasteiger partial charge in [0.1, 0.15) is 0 Å². The van der Waals surface area contributed by atoms with Gasteiger partial charge in [0.15, 0.2) is 15.0 Å². The van der Waals surface area contributed by atoms with Gasteiger partial charge in [-0.15, -0.1) is 11.3 Å². The van der Waals surface area contributed by atoms with Crippen molar-refractivity contribution in [1.82, 2.24) is 19.4 Å². The monoisotopic (exact) mass is 394 g/mol. The lowest BCUT2D eigenvalue weighted by molar-refractivity contribution is -0.132. The van der Waals surface area contributed by atoms with Crippen LogP contribution < -0.4 is 0 Å². The van der Waals surface area contributed by atoms with Crippen molar-refractivity contribution < 1.29 is 13.2 Å². The van der Waals surface area contributed by atoms with Gasteiger partial charge in [-0.1, -0.05) is 0 Å². The standard InChI is InChI=1S/C17H22N4O3S2/c22-16(11-14-12-25-17(18-14)21-4-1-2-5-21)20-8-6-19(7-9-20)15-3-10-26(23,24)13-15/h1-2,4-5,12,15H,3,6-11,13H2/t15-/m0/s1. The number of aromatic nitrogens is 2. The molecule has 2 aromatic heterocycles. The van der Waals surface area contributed by atoms with Crippen LogP contribution in [0.2, 0.25) is 0 Å². The summed E-state index contributed by atoms with van der Waals surface area (Å²) in [5.74, 6) is 0.653. The molecule has 2 aliphatic rings. The average molecular weight is 395 g/mol. The van der Waals surface area contributed by atoms with Crippen LogP contribution in [-0.2, 0) is 21.1 Å². The van der Waals surface area contributed by atoms with E-state index in [0.717, 1.165) is 30.3 Å². The van der Waals surface area contributed by atoms with Gasteiger partial charge in [0.05, 0.1) is 23.6 Å². The topological polar surface area (TPSA) is 75.5 Å². The second kappa shape index (κ2) is 7.13. The quantitative estimate of drug-likeness (QED) is 0.767. The van der Waals surface area contributed by atoms with Gasteiger partial charge in [0, 0.05) is 50.0 Å². The molecule has 0 bridgehead atoms. The number of sulfone groups is 1. The van der Waals surface area contributed by atoms with E-state index in [1.165, 1.54) is 11.3 Å². The van der Waals surface area contributed by atoms with Crippen LogP contribution in [0.5, 0.6) is 0 Å². The van der Waals surface area contributed by atoms with Gasteiger partial charge >= 0.3 is 0 Å². The summed E-state index contributed by atoms with van der Waals surface area (Å²) in [7, 11) is -2.86. The third kappa shape index (κ3) is 3.84. The maximum Gasteiger partial charge on any atom is 0.228 e. The van der Waals surface area contributed by atoms with Gasteiger partial charge in [0.2, 0.25) is 5.91 Å². The Kier molecular flexibility index (Phi) is 4.85. The van der Waals surface area contributed by atoms with Crippen molar-refractivity contribution in [1.29, 1.82) is 0 Å². The summed E-state index contributed by atoms with van der Waals surface area (Å²) < 4.78 is 25.2. The highest BCUT2D eigenvalue weighted by Gasteiger charge is 2.34. The van der Waals surface area contributed by atoms with Crippen molar-refractivity contribution in [3.8, 4) is 5.13 Å². The minimum absolute atomic E-state index is 0.0908. The maximum absolute atomic E-state index is 12.6. The van der Waals surface area contributed by atoms with Crippen LogP contribution in [0.4, 0.5) is 0 Å². The zero-order valence-electron chi connectivity index (χ0n) is 14.5. The van der Waals surface area contributed by atoms with E-state index >= 15 is 0 Å². The van der Waals surface area contributed by atoms with E-state index in [2.05, 4.69) is 9.88 Å². The molecule has 4 rings (SSSR count). The summed E-state index contributed by atoms with van der Waals surface area (Å²) in [4.78, 5) is 21.2. The lowest BCUT2D eigenvalue weighted by Gasteiger charge is -2.37. The molecule has 2 saturated heterocycles. The van der Waals surface area contributed by atoms with Crippen molar-refractivity contribution in [3.05, 3.63) is 35.6 Å². The number of amides is 1. The van der Waals surface area contributed by atoms with Gasteiger partial charge in [-0.2, -0.15) is 0 Å². The molecule has 0 unspecified atom stereocenters. The Bertz CT molecular complexity index is 868. The van der Waals surface area contributed by atoms with Gasteiger partial charge < -0.3 is 9.47 Å². The van der Waals surface area contributed by atoms with Gasteiger partial charge in [-0.05, 0) is 18.6 Å². The van der Waals surface area contributed by atoms with E-state index in [1.54, 1.807) is 0 Å². The molecule has 2 aliphatic heterocycles. The summed E-state index contributed by atoms with van der Waals surface area (Å²) in [6.45, 7) is 2.81. The predicted octanol–water partition coefficient (Wildman–Crippen LogP) is 0.808. The Morgan fingerprint density at radius 3 is 2.58 bits per heavy atom. The molecule has 0 aromatic carbocycles. The molecule has 7 nitrogen and oxygen atoms in total. The van der Waals surface area contributed by atoms with Crippen LogP contribution in [-0.4, -0.2) is 77.4 Å². The fourth-order valence-corrected chi connectivity index (χ4v) is 6.18. The van der Waals surface area contributed by atoms with Crippen LogP contribution >= 0.6 is 11.3 Å². The second-order valence-corrected chi connectivity index (χ2v) is 9.93. The molecule has 0 saturated carbocycles. The summed E-state index contributed by atoms with van der Waals surface area (Å²) in [6, 6.07) is 4.02. The van der Waals surface area contributed by atoms with E-state index < -0.39 is 9.84 Å². The number of hydrogen-bond acceptors (Lipinski definition) is 6. The molecule has 4 heterocycles. The third-order valence-corrected chi connectivity index (χ3v) is 7.74. The van der Waals surface area contributed by atoms with Crippen LogP contribution in [0.1, 0.15) is 12.1 Å². The van der Waals surface area contributed by atoms with Gasteiger partial charge in [0.25, 0.3) is 0 Å². The summed E-state index contributed by atoms with van der Waals surface area (Å²) in [5.41, 5.74) is 0.799. The first-order chi connectivity index (χ1) is 12.5. The molecule has 9 heteroatoms. The molecule has 140 valence electrons. The lowest BCUT2D eigenvalue weighted by atomic mass is 10.2. The summed E-state index contributed by atoms with van der Waals surface area (Å²) in [6.07, 6.45) is 4.91. The predicted molar refractivity (Wildman–Crippen MR) is 100 cm³/mol. The molecule has 2 fully saturated rings. The molecule has 2 aromatic rings. The molecule has 0 aliphatic carbocycles. The van der Waals surface area contributed by atoms with Gasteiger partial charge in [-0.25, -0.2) is 13.4 Å². The molecule has 0 spiro atoms. The lowest BCUT2D eigenvalue weighted by Crippen LogP contribution is -2.52. The summed E-state index contributed by atoms with van der Waals surface area (Å²) in [5, 5.41) is 2.80. The number of carbonyl (C=O) groups excluding carboxylic acids is 1. The molecule has 0 N–H and O–H groups in total. The van der Waals surface area contributed by atoms with E-state index in [0.29, 0.717) is 25.3 Å². The Labute approximate surface area is 157 Å². The fraction of sp³-hybridized carbons (Fsp3) is 0.529. The number of carbonyl (C=O) groups is 1. The van der Waals surface area contributed by atoms with E-state index in [-0.39, 0.29) is 17.7 Å². The Morgan fingerprint density at radius 1 is 1.19 bits per heavy atom. The number of rotatable bonds is 4. The van der Waals surface area contributed by atoms with Crippen LogP contribution in [0.3, 0.4) is 0 Å². The largest absolute Gasteiger partial charge is 0.340 e. The molecular weight excluding hydrogens is 372 g/mol. The zero-order chi connectivity index (χ0) is 18.1. The third-order valence-electron chi connectivity index (χ3n) is 5.09. The Balaban J connectivity index is 1.30. The first-order valence-electron chi connectivity index (χ1n) is 8.80. The highest BCUT2D eigenvalue weighted by molar-refractivity contribution is 7.91. The average Bonchev–Trinajstić information content (AvgIpc) is 3.35. The molecule has 1 amide bonds. The van der Waals surface area contributed by atoms with Crippen molar-refractivity contribution in [2.45, 2.75) is 18.9 Å². The number of nitrogens with zero attached hydrogens (tertiary/aromatic N) is 4. The highest BCUT2D eigenvalue weighted by atomic mass is 32.2. The highest BCUT2D eigenvalue weighted by Crippen LogP contribution is 2.20. The zero-order valence-corrected chi connectivity index (χ0v) is 16.1. The molecule has 1 atom stereocenters. The number of thiazole rings is 1.